The molecule has 8 heteroatoms. The SMILES string of the molecule is CN(CC(=O)Nc1ccccc1Br)c1cnn(C)c(=O)c1Br. The zero-order chi connectivity index (χ0) is 16.3. The van der Waals surface area contributed by atoms with Crippen LogP contribution in [0.25, 0.3) is 0 Å². The number of rotatable bonds is 4. The molecule has 1 amide bonds. The van der Waals surface area contributed by atoms with Gasteiger partial charge in [-0.05, 0) is 44.0 Å². The monoisotopic (exact) mass is 428 g/mol. The lowest BCUT2D eigenvalue weighted by Crippen LogP contribution is -2.32. The van der Waals surface area contributed by atoms with Gasteiger partial charge in [0.1, 0.15) is 4.47 Å². The second-order valence-corrected chi connectivity index (χ2v) is 6.30. The van der Waals surface area contributed by atoms with Crippen molar-refractivity contribution in [2.45, 2.75) is 0 Å². The predicted octanol–water partition coefficient (Wildman–Crippen LogP) is 2.38. The van der Waals surface area contributed by atoms with Gasteiger partial charge in [-0.2, -0.15) is 5.10 Å². The molecule has 1 aromatic carbocycles. The van der Waals surface area contributed by atoms with Crippen molar-refractivity contribution in [3.8, 4) is 0 Å². The smallest absolute Gasteiger partial charge is 0.282 e. The van der Waals surface area contributed by atoms with Crippen LogP contribution in [0.15, 0.2) is 44.2 Å². The van der Waals surface area contributed by atoms with Crippen LogP contribution in [0, 0.1) is 0 Å². The van der Waals surface area contributed by atoms with Gasteiger partial charge >= 0.3 is 0 Å². The summed E-state index contributed by atoms with van der Waals surface area (Å²) >= 11 is 6.62. The van der Waals surface area contributed by atoms with Crippen LogP contribution in [0.5, 0.6) is 0 Å². The Kier molecular flexibility index (Phi) is 5.36. The van der Waals surface area contributed by atoms with Crippen molar-refractivity contribution < 1.29 is 4.79 Å². The van der Waals surface area contributed by atoms with E-state index in [2.05, 4.69) is 42.3 Å². The second kappa shape index (κ2) is 7.06. The lowest BCUT2D eigenvalue weighted by molar-refractivity contribution is -0.114. The van der Waals surface area contributed by atoms with E-state index in [0.717, 1.165) is 4.47 Å². The number of benzene rings is 1. The third kappa shape index (κ3) is 3.75. The number of hydrogen-bond donors (Lipinski definition) is 1. The number of nitrogens with one attached hydrogen (secondary N) is 1. The van der Waals surface area contributed by atoms with Crippen molar-refractivity contribution in [3.05, 3.63) is 49.8 Å². The van der Waals surface area contributed by atoms with Gasteiger partial charge in [-0.15, -0.1) is 0 Å². The molecule has 2 rings (SSSR count). The molecular weight excluding hydrogens is 416 g/mol. The molecule has 2 aromatic rings. The molecule has 0 radical (unpaired) electrons. The molecule has 0 bridgehead atoms. The first-order valence-electron chi connectivity index (χ1n) is 6.37. The molecule has 0 atom stereocenters. The Labute approximate surface area is 144 Å². The largest absolute Gasteiger partial charge is 0.363 e. The van der Waals surface area contributed by atoms with Gasteiger partial charge in [-0.3, -0.25) is 9.59 Å². The van der Waals surface area contributed by atoms with Gasteiger partial charge in [0.25, 0.3) is 5.56 Å². The van der Waals surface area contributed by atoms with Crippen LogP contribution >= 0.6 is 31.9 Å². The number of aromatic nitrogens is 2. The average molecular weight is 430 g/mol. The van der Waals surface area contributed by atoms with E-state index in [4.69, 9.17) is 0 Å². The molecule has 0 spiro atoms. The highest BCUT2D eigenvalue weighted by atomic mass is 79.9. The van der Waals surface area contributed by atoms with Gasteiger partial charge in [-0.1, -0.05) is 12.1 Å². The summed E-state index contributed by atoms with van der Waals surface area (Å²) in [6, 6.07) is 7.36. The number of hydrogen-bond acceptors (Lipinski definition) is 4. The molecule has 22 heavy (non-hydrogen) atoms. The molecule has 0 aliphatic rings. The fourth-order valence-corrected chi connectivity index (χ4v) is 2.87. The highest BCUT2D eigenvalue weighted by molar-refractivity contribution is 9.11. The molecule has 6 nitrogen and oxygen atoms in total. The summed E-state index contributed by atoms with van der Waals surface area (Å²) < 4.78 is 2.41. The molecule has 1 aromatic heterocycles. The quantitative estimate of drug-likeness (QED) is 0.810. The summed E-state index contributed by atoms with van der Waals surface area (Å²) in [5, 5.41) is 6.77. The molecule has 0 fully saturated rings. The summed E-state index contributed by atoms with van der Waals surface area (Å²) in [7, 11) is 3.29. The molecule has 0 aliphatic heterocycles. The molecule has 0 saturated heterocycles. The topological polar surface area (TPSA) is 67.2 Å². The van der Waals surface area contributed by atoms with Crippen LogP contribution in [-0.4, -0.2) is 29.3 Å². The summed E-state index contributed by atoms with van der Waals surface area (Å²) in [4.78, 5) is 25.6. The van der Waals surface area contributed by atoms with E-state index >= 15 is 0 Å². The van der Waals surface area contributed by atoms with Crippen LogP contribution in [0.1, 0.15) is 0 Å². The number of anilines is 2. The van der Waals surface area contributed by atoms with Gasteiger partial charge < -0.3 is 10.2 Å². The molecule has 0 saturated carbocycles. The number of aryl methyl sites for hydroxylation is 1. The Morgan fingerprint density at radius 2 is 2.05 bits per heavy atom. The number of nitrogens with zero attached hydrogens (tertiary/aromatic N) is 3. The maximum absolute atomic E-state index is 12.1. The van der Waals surface area contributed by atoms with E-state index in [1.807, 2.05) is 18.2 Å². The van der Waals surface area contributed by atoms with E-state index < -0.39 is 0 Å². The number of carbonyl (C=O) groups is 1. The molecule has 116 valence electrons. The maximum atomic E-state index is 12.1. The number of likely N-dealkylation sites (N-methyl/N-ethyl adjacent to an activating group) is 1. The molecular formula is C14H14Br2N4O2. The molecule has 0 unspecified atom stereocenters. The van der Waals surface area contributed by atoms with Crippen LogP contribution in [-0.2, 0) is 11.8 Å². The van der Waals surface area contributed by atoms with Crippen molar-refractivity contribution in [2.75, 3.05) is 23.8 Å². The second-order valence-electron chi connectivity index (χ2n) is 4.66. The van der Waals surface area contributed by atoms with Crippen molar-refractivity contribution in [1.29, 1.82) is 0 Å². The lowest BCUT2D eigenvalue weighted by atomic mass is 10.3. The molecule has 0 aliphatic carbocycles. The van der Waals surface area contributed by atoms with Gasteiger partial charge in [0.05, 0.1) is 24.1 Å². The molecule has 1 heterocycles. The third-order valence-corrected chi connectivity index (χ3v) is 4.44. The summed E-state index contributed by atoms with van der Waals surface area (Å²) in [6.45, 7) is 0.0920. The van der Waals surface area contributed by atoms with Gasteiger partial charge in [0.2, 0.25) is 5.91 Å². The summed E-state index contributed by atoms with van der Waals surface area (Å²) in [5.41, 5.74) is 1.00. The average Bonchev–Trinajstić information content (AvgIpc) is 2.47. The minimum atomic E-state index is -0.254. The summed E-state index contributed by atoms with van der Waals surface area (Å²) in [5.74, 6) is -0.193. The van der Waals surface area contributed by atoms with E-state index in [-0.39, 0.29) is 18.0 Å². The predicted molar refractivity (Wildman–Crippen MR) is 93.2 cm³/mol. The standard InChI is InChI=1S/C14H14Br2N4O2/c1-19(11-7-17-20(2)14(22)13(11)16)8-12(21)18-10-6-4-3-5-9(10)15/h3-7H,8H2,1-2H3,(H,18,21). The fourth-order valence-electron chi connectivity index (χ4n) is 1.82. The normalized spacial score (nSPS) is 10.4. The first kappa shape index (κ1) is 16.7. The number of carbonyl (C=O) groups excluding carboxylic acids is 1. The number of amides is 1. The maximum Gasteiger partial charge on any atom is 0.282 e. The van der Waals surface area contributed by atoms with Crippen LogP contribution in [0.4, 0.5) is 11.4 Å². The first-order valence-corrected chi connectivity index (χ1v) is 7.96. The van der Waals surface area contributed by atoms with Gasteiger partial charge in [-0.25, -0.2) is 4.68 Å². The highest BCUT2D eigenvalue weighted by Crippen LogP contribution is 2.22. The lowest BCUT2D eigenvalue weighted by Gasteiger charge is -2.19. The summed E-state index contributed by atoms with van der Waals surface area (Å²) in [6.07, 6.45) is 1.54. The van der Waals surface area contributed by atoms with Crippen LogP contribution in [0.3, 0.4) is 0 Å². The zero-order valence-electron chi connectivity index (χ0n) is 12.0. The zero-order valence-corrected chi connectivity index (χ0v) is 15.2. The molecule has 1 N–H and O–H groups in total. The Bertz CT molecular complexity index is 761. The van der Waals surface area contributed by atoms with Gasteiger partial charge in [0, 0.05) is 18.6 Å². The highest BCUT2D eigenvalue weighted by Gasteiger charge is 2.14. The number of halogens is 2. The Balaban J connectivity index is 2.11. The Morgan fingerprint density at radius 3 is 2.73 bits per heavy atom. The third-order valence-electron chi connectivity index (χ3n) is 3.00. The minimum Gasteiger partial charge on any atom is -0.363 e. The number of para-hydroxylation sites is 1. The van der Waals surface area contributed by atoms with E-state index in [0.29, 0.717) is 15.8 Å². The van der Waals surface area contributed by atoms with Crippen molar-refractivity contribution >= 4 is 49.1 Å². The van der Waals surface area contributed by atoms with Crippen LogP contribution < -0.4 is 15.8 Å². The van der Waals surface area contributed by atoms with Gasteiger partial charge in [0.15, 0.2) is 0 Å². The Morgan fingerprint density at radius 1 is 1.36 bits per heavy atom. The Hall–Kier alpha value is -1.67. The van der Waals surface area contributed by atoms with Crippen LogP contribution in [0.2, 0.25) is 0 Å². The van der Waals surface area contributed by atoms with E-state index in [1.165, 1.54) is 10.9 Å². The van der Waals surface area contributed by atoms with E-state index in [9.17, 15) is 9.59 Å². The minimum absolute atomic E-state index is 0.0920. The fraction of sp³-hybridized carbons (Fsp3) is 0.214. The van der Waals surface area contributed by atoms with E-state index in [1.54, 1.807) is 25.1 Å². The first-order chi connectivity index (χ1) is 10.4. The van der Waals surface area contributed by atoms with Crippen molar-refractivity contribution in [2.24, 2.45) is 7.05 Å². The van der Waals surface area contributed by atoms with Crippen molar-refractivity contribution in [3.63, 3.8) is 0 Å². The van der Waals surface area contributed by atoms with Crippen molar-refractivity contribution in [1.82, 2.24) is 9.78 Å².